The summed E-state index contributed by atoms with van der Waals surface area (Å²) in [6.07, 6.45) is 21.6. The van der Waals surface area contributed by atoms with Gasteiger partial charge in [0.15, 0.2) is 0 Å². The lowest BCUT2D eigenvalue weighted by Crippen LogP contribution is -2.48. The van der Waals surface area contributed by atoms with Crippen LogP contribution < -0.4 is 4.72 Å². The third kappa shape index (κ3) is 7.20. The van der Waals surface area contributed by atoms with E-state index in [1.807, 2.05) is 0 Å². The van der Waals surface area contributed by atoms with Crippen LogP contribution in [0.5, 0.6) is 0 Å². The summed E-state index contributed by atoms with van der Waals surface area (Å²) in [7, 11) is 0.320. The second-order valence-electron chi connectivity index (χ2n) is 14.1. The van der Waals surface area contributed by atoms with E-state index in [-0.39, 0.29) is 9.49 Å². The van der Waals surface area contributed by atoms with Gasteiger partial charge in [-0.1, -0.05) is 51.4 Å². The summed E-state index contributed by atoms with van der Waals surface area (Å²) >= 11 is 0. The Kier molecular flexibility index (Phi) is 10.2. The lowest BCUT2D eigenvalue weighted by Gasteiger charge is -2.44. The topological polar surface area (TPSA) is 49.4 Å². The average molecular weight is 529 g/mol. The Morgan fingerprint density at radius 3 is 1.63 bits per heavy atom. The van der Waals surface area contributed by atoms with Crippen molar-refractivity contribution in [2.45, 2.75) is 166 Å². The number of hydrogen-bond donors (Lipinski definition) is 1. The second-order valence-corrected chi connectivity index (χ2v) is 18.4. The van der Waals surface area contributed by atoms with Crippen LogP contribution in [0.3, 0.4) is 0 Å². The van der Waals surface area contributed by atoms with Gasteiger partial charge in [0, 0.05) is 19.1 Å². The van der Waals surface area contributed by atoms with Crippen LogP contribution in [0.25, 0.3) is 0 Å². The summed E-state index contributed by atoms with van der Waals surface area (Å²) in [5.41, 5.74) is 0.979. The Morgan fingerprint density at radius 2 is 1.11 bits per heavy atom. The van der Waals surface area contributed by atoms with Crippen molar-refractivity contribution in [1.29, 1.82) is 0 Å². The van der Waals surface area contributed by atoms with Crippen molar-refractivity contribution >= 4 is 22.0 Å². The van der Waals surface area contributed by atoms with Crippen LogP contribution in [0.15, 0.2) is 0 Å². The van der Waals surface area contributed by atoms with E-state index in [4.69, 9.17) is 0 Å². The Hall–Kier alpha value is 0.220. The van der Waals surface area contributed by atoms with Crippen molar-refractivity contribution in [3.8, 4) is 0 Å². The van der Waals surface area contributed by atoms with Gasteiger partial charge in [0.25, 0.3) is 0 Å². The first-order valence-electron chi connectivity index (χ1n) is 14.6. The van der Waals surface area contributed by atoms with Crippen molar-refractivity contribution in [3.05, 3.63) is 0 Å². The molecule has 0 radical (unpaired) electrons. The summed E-state index contributed by atoms with van der Waals surface area (Å²) in [4.78, 5) is 0. The van der Waals surface area contributed by atoms with Gasteiger partial charge in [-0.05, 0) is 104 Å². The fourth-order valence-corrected chi connectivity index (χ4v) is 9.96. The lowest BCUT2D eigenvalue weighted by molar-refractivity contribution is 0.116. The Morgan fingerprint density at radius 1 is 0.657 bits per heavy atom. The van der Waals surface area contributed by atoms with Gasteiger partial charge in [-0.3, -0.25) is 0 Å². The van der Waals surface area contributed by atoms with Gasteiger partial charge in [-0.15, -0.1) is 0 Å². The number of nitrogens with zero attached hydrogens (tertiary/aromatic N) is 1. The minimum Gasteiger partial charge on any atom is -0.242 e. The molecular weight excluding hydrogens is 472 g/mol. The summed E-state index contributed by atoms with van der Waals surface area (Å²) in [5, 5.41) is 0. The Bertz CT molecular complexity index is 728. The average Bonchev–Trinajstić information content (AvgIpc) is 3.37. The number of nitrogens with one attached hydrogen (secondary N) is 1. The molecule has 0 saturated heterocycles. The smallest absolute Gasteiger partial charge is 0.0997 e. The van der Waals surface area contributed by atoms with E-state index in [9.17, 15) is 8.42 Å². The summed E-state index contributed by atoms with van der Waals surface area (Å²) in [6, 6.07) is 1.06. The highest BCUT2D eigenvalue weighted by Crippen LogP contribution is 2.51. The molecule has 4 fully saturated rings. The molecule has 4 aliphatic rings. The highest BCUT2D eigenvalue weighted by Gasteiger charge is 2.47. The number of rotatable bonds is 4. The van der Waals surface area contributed by atoms with E-state index in [1.54, 1.807) is 0 Å². The predicted octanol–water partition coefficient (Wildman–Crippen LogP) is 7.42. The molecule has 1 N–H and O–H groups in total. The van der Waals surface area contributed by atoms with Crippen LogP contribution in [0.2, 0.25) is 0 Å². The quantitative estimate of drug-likeness (QED) is 0.412. The van der Waals surface area contributed by atoms with Crippen LogP contribution in [-0.2, 0) is 22.0 Å². The maximum atomic E-state index is 12.6. The van der Waals surface area contributed by atoms with Crippen LogP contribution in [0.1, 0.15) is 144 Å². The first-order chi connectivity index (χ1) is 16.3. The largest absolute Gasteiger partial charge is 0.242 e. The SMILES string of the molecule is CC(C)(C)[S@@](=O)N[C@@H]1CCCC12CCCCC2.CN([C@@H]1CCCC12CCCCC2)[S@](=O)C(C)(C)C. The van der Waals surface area contributed by atoms with Crippen molar-refractivity contribution in [1.82, 2.24) is 9.03 Å². The molecule has 0 bridgehead atoms. The van der Waals surface area contributed by atoms with Gasteiger partial charge in [0.2, 0.25) is 0 Å². The maximum Gasteiger partial charge on any atom is 0.0997 e. The van der Waals surface area contributed by atoms with Gasteiger partial charge in [-0.2, -0.15) is 0 Å². The molecule has 4 rings (SSSR count). The fraction of sp³-hybridized carbons (Fsp3) is 1.00. The molecule has 4 aliphatic carbocycles. The zero-order valence-corrected chi connectivity index (χ0v) is 25.7. The van der Waals surface area contributed by atoms with Gasteiger partial charge >= 0.3 is 0 Å². The van der Waals surface area contributed by atoms with Crippen molar-refractivity contribution in [2.75, 3.05) is 7.05 Å². The second kappa shape index (κ2) is 11.9. The zero-order valence-electron chi connectivity index (χ0n) is 24.0. The molecule has 0 aromatic carbocycles. The van der Waals surface area contributed by atoms with Gasteiger partial charge in [0.05, 0.1) is 31.5 Å². The first kappa shape index (κ1) is 29.8. The standard InChI is InChI=1S/C15H29NOS.C14H27NOS/c1-14(2,3)18(17)16(4)13-9-8-12-15(13)10-6-5-7-11-15;1-13(2,3)17(16)15-12-8-7-11-14(12)9-5-4-6-10-14/h13H,5-12H2,1-4H3;12,15H,4-11H2,1-3H3/t13-,18-;12-,17-/m11/s1. The Balaban J connectivity index is 0.000000196. The van der Waals surface area contributed by atoms with E-state index in [0.29, 0.717) is 22.9 Å². The van der Waals surface area contributed by atoms with E-state index in [2.05, 4.69) is 57.6 Å². The van der Waals surface area contributed by atoms with Crippen LogP contribution in [0.4, 0.5) is 0 Å². The molecule has 35 heavy (non-hydrogen) atoms. The van der Waals surface area contributed by atoms with Crippen molar-refractivity contribution in [3.63, 3.8) is 0 Å². The molecule has 0 aromatic rings. The van der Waals surface area contributed by atoms with Crippen LogP contribution in [0, 0.1) is 10.8 Å². The summed E-state index contributed by atoms with van der Waals surface area (Å²) in [5.74, 6) is 0. The third-order valence-corrected chi connectivity index (χ3v) is 12.9. The van der Waals surface area contributed by atoms with E-state index >= 15 is 0 Å². The molecule has 4 atom stereocenters. The van der Waals surface area contributed by atoms with Gasteiger partial charge in [0.1, 0.15) is 0 Å². The van der Waals surface area contributed by atoms with E-state index in [0.717, 1.165) is 0 Å². The summed E-state index contributed by atoms with van der Waals surface area (Å²) < 4.78 is 30.2. The van der Waals surface area contributed by atoms with Crippen molar-refractivity contribution < 1.29 is 8.42 Å². The molecule has 0 aromatic heterocycles. The normalized spacial score (nSPS) is 30.3. The van der Waals surface area contributed by atoms with E-state index in [1.165, 1.54) is 103 Å². The minimum absolute atomic E-state index is 0.132. The molecule has 206 valence electrons. The van der Waals surface area contributed by atoms with Gasteiger partial charge in [-0.25, -0.2) is 17.4 Å². The molecule has 2 spiro atoms. The highest BCUT2D eigenvalue weighted by atomic mass is 32.2. The molecule has 0 heterocycles. The molecule has 0 unspecified atom stereocenters. The van der Waals surface area contributed by atoms with Crippen molar-refractivity contribution in [2.24, 2.45) is 10.8 Å². The zero-order chi connectivity index (χ0) is 25.9. The predicted molar refractivity (Wildman–Crippen MR) is 153 cm³/mol. The Labute approximate surface area is 222 Å². The van der Waals surface area contributed by atoms with E-state index < -0.39 is 22.0 Å². The van der Waals surface area contributed by atoms with Crippen LogP contribution >= 0.6 is 0 Å². The highest BCUT2D eigenvalue weighted by molar-refractivity contribution is 7.84. The first-order valence-corrected chi connectivity index (χ1v) is 16.9. The van der Waals surface area contributed by atoms with Crippen LogP contribution in [-0.4, -0.2) is 41.3 Å². The fourth-order valence-electron chi connectivity index (χ4n) is 7.56. The maximum absolute atomic E-state index is 12.6. The molecule has 6 heteroatoms. The molecule has 0 aliphatic heterocycles. The molecule has 0 amide bonds. The monoisotopic (exact) mass is 528 g/mol. The van der Waals surface area contributed by atoms with Gasteiger partial charge < -0.3 is 0 Å². The minimum atomic E-state index is -0.905. The summed E-state index contributed by atoms with van der Waals surface area (Å²) in [6.45, 7) is 12.4. The number of hydrogen-bond acceptors (Lipinski definition) is 2. The third-order valence-electron chi connectivity index (χ3n) is 9.49. The molecule has 4 saturated carbocycles. The molecule has 4 nitrogen and oxygen atoms in total. The molecular formula is C29H56N2O2S2. The lowest BCUT2D eigenvalue weighted by atomic mass is 9.70.